The smallest absolute Gasteiger partial charge is 0.385 e. The van der Waals surface area contributed by atoms with Crippen LogP contribution in [0.5, 0.6) is 0 Å². The summed E-state index contributed by atoms with van der Waals surface area (Å²) in [7, 11) is 0. The second-order valence-electron chi connectivity index (χ2n) is 8.18. The number of carbonyl (C=O) groups excluding carboxylic acids is 2. The molecule has 0 aliphatic carbocycles. The Morgan fingerprint density at radius 2 is 1.15 bits per heavy atom. The number of terminal acetylenes is 1. The minimum absolute atomic E-state index is 0. The van der Waals surface area contributed by atoms with Crippen molar-refractivity contribution >= 4 is 11.9 Å². The Hall–Kier alpha value is -4.22. The van der Waals surface area contributed by atoms with Gasteiger partial charge in [0.15, 0.2) is 6.10 Å². The summed E-state index contributed by atoms with van der Waals surface area (Å²) in [6.45, 7) is 1.49. The van der Waals surface area contributed by atoms with E-state index in [1.165, 1.54) is 57.8 Å². The molecule has 0 aromatic rings. The van der Waals surface area contributed by atoms with E-state index in [0.29, 0.717) is 0 Å². The van der Waals surface area contributed by atoms with E-state index >= 15 is 0 Å². The molecule has 0 aliphatic rings. The lowest BCUT2D eigenvalue weighted by atomic mass is 10.0. The van der Waals surface area contributed by atoms with Crippen LogP contribution in [0.4, 0.5) is 0 Å². The number of esters is 2. The molecule has 1 atom stereocenters. The zero-order valence-corrected chi connectivity index (χ0v) is 23.0. The Kier molecular flexibility index (Phi) is 28.4. The predicted octanol–water partition coefficient (Wildman–Crippen LogP) is 7.54. The quantitative estimate of drug-likeness (QED) is 0.0831. The molecule has 232 valence electrons. The second kappa shape index (κ2) is 30.0. The average molecular weight is 556 g/mol. The molecule has 0 fully saturated rings. The summed E-state index contributed by atoms with van der Waals surface area (Å²) >= 11 is 0. The van der Waals surface area contributed by atoms with Crippen molar-refractivity contribution in [2.75, 3.05) is 13.2 Å². The highest BCUT2D eigenvalue weighted by Gasteiger charge is 2.15. The van der Waals surface area contributed by atoms with Crippen molar-refractivity contribution in [1.82, 2.24) is 6.15 Å². The molecule has 4 N–H and O–H groups in total. The molecule has 0 radical (unpaired) electrons. The van der Waals surface area contributed by atoms with Crippen molar-refractivity contribution in [3.05, 3.63) is 0 Å². The maximum absolute atomic E-state index is 12.0. The van der Waals surface area contributed by atoms with Gasteiger partial charge in [-0.05, 0) is 77.5 Å². The fraction of sp³-hybridized carbons (Fsp3) is 0.515. The predicted molar refractivity (Wildman–Crippen MR) is 182 cm³/mol. The summed E-state index contributed by atoms with van der Waals surface area (Å²) in [5.74, 6) is 29.3. The molecule has 0 aromatic heterocycles. The first kappa shape index (κ1) is 36.9. The monoisotopic (exact) mass is 555 g/mol. The lowest BCUT2D eigenvalue weighted by Crippen LogP contribution is -2.28. The van der Waals surface area contributed by atoms with Crippen LogP contribution in [-0.2, 0) is 19.1 Å². The Morgan fingerprint density at radius 1 is 0.718 bits per heavy atom. The van der Waals surface area contributed by atoms with Crippen LogP contribution in [0, 0.1) is 83.4 Å². The SMILES string of the molecule is C#CC#CC#CC#CC#CC#CC#CC(=O)OC[C@H](CO)OC(=O)CCCCCCCCCCCCCC.N.[HH].[HH].[HH].[HH].[HH].[HH].[HH].[HH].[HH].[HH].[HH].[HH].[HH]. The summed E-state index contributed by atoms with van der Waals surface area (Å²) in [6.07, 6.45) is 18.8. The molecule has 0 bridgehead atoms. The standard InChI is InChI=1S/C33H36O5.H3N.13H2/c1-3-5-7-9-11-13-15-17-19-21-23-25-27-32(35)37-30-31(29-34)38-33(36)28-26-24-22-20-18-16-14-12-10-8-6-4-2;;;;;;;;;;;;;;/h1,31,34H,4,6,8,10,12,14,16,18,20,22,24,26,28-30H2,2H3;1H3;13*1H/t31-;;;;;;;;;;;;;;/m0............../s1. The van der Waals surface area contributed by atoms with Crippen LogP contribution in [0.25, 0.3) is 0 Å². The summed E-state index contributed by atoms with van der Waals surface area (Å²) in [5, 5.41) is 9.37. The first-order valence-electron chi connectivity index (χ1n) is 13.1. The van der Waals surface area contributed by atoms with Crippen molar-refractivity contribution in [3.8, 4) is 83.4 Å². The van der Waals surface area contributed by atoms with Crippen LogP contribution in [0.3, 0.4) is 0 Å². The van der Waals surface area contributed by atoms with Crippen molar-refractivity contribution in [2.45, 2.75) is 96.5 Å². The first-order valence-corrected chi connectivity index (χ1v) is 13.1. The Morgan fingerprint density at radius 3 is 1.62 bits per heavy atom. The molecule has 0 unspecified atom stereocenters. The van der Waals surface area contributed by atoms with Gasteiger partial charge in [-0.25, -0.2) is 4.79 Å². The molecule has 0 heterocycles. The Labute approximate surface area is 254 Å². The molecule has 0 aliphatic heterocycles. The highest BCUT2D eigenvalue weighted by Crippen LogP contribution is 2.12. The van der Waals surface area contributed by atoms with Gasteiger partial charge in [-0.15, -0.1) is 6.42 Å². The van der Waals surface area contributed by atoms with E-state index in [9.17, 15) is 14.7 Å². The van der Waals surface area contributed by atoms with Gasteiger partial charge in [0.25, 0.3) is 0 Å². The number of unbranched alkanes of at least 4 members (excludes halogenated alkanes) is 11. The number of ether oxygens (including phenoxy) is 2. The van der Waals surface area contributed by atoms with Gasteiger partial charge < -0.3 is 20.7 Å². The molecule has 0 amide bonds. The van der Waals surface area contributed by atoms with Crippen LogP contribution in [-0.4, -0.2) is 36.4 Å². The van der Waals surface area contributed by atoms with Crippen LogP contribution >= 0.6 is 0 Å². The molecule has 39 heavy (non-hydrogen) atoms. The van der Waals surface area contributed by atoms with Crippen molar-refractivity contribution < 1.29 is 42.7 Å². The van der Waals surface area contributed by atoms with E-state index in [2.05, 4.69) is 83.9 Å². The molecule has 6 nitrogen and oxygen atoms in total. The lowest BCUT2D eigenvalue weighted by Gasteiger charge is -2.14. The molecule has 6 heteroatoms. The van der Waals surface area contributed by atoms with Gasteiger partial charge in [0, 0.05) is 30.9 Å². The molecule has 0 rings (SSSR count). The Balaban J connectivity index is -0.0000000752. The van der Waals surface area contributed by atoms with E-state index in [1.54, 1.807) is 0 Å². The van der Waals surface area contributed by atoms with Crippen LogP contribution in [0.15, 0.2) is 0 Å². The number of aliphatic hydroxyl groups excluding tert-OH is 1. The van der Waals surface area contributed by atoms with Crippen LogP contribution in [0.2, 0.25) is 0 Å². The third-order valence-corrected chi connectivity index (χ3v) is 5.00. The fourth-order valence-electron chi connectivity index (χ4n) is 3.08. The van der Waals surface area contributed by atoms with Gasteiger partial charge in [-0.2, -0.15) is 0 Å². The third kappa shape index (κ3) is 28.2. The summed E-state index contributed by atoms with van der Waals surface area (Å²) in [4.78, 5) is 23.6. The maximum Gasteiger partial charge on any atom is 0.385 e. The van der Waals surface area contributed by atoms with Crippen LogP contribution in [0.1, 0.15) is 109 Å². The molecular formula is C33H65NO5. The maximum atomic E-state index is 12.0. The normalized spacial score (nSPS) is 8.95. The van der Waals surface area contributed by atoms with Gasteiger partial charge in [0.1, 0.15) is 6.61 Å². The minimum Gasteiger partial charge on any atom is -0.456 e. The van der Waals surface area contributed by atoms with E-state index in [1.807, 2.05) is 0 Å². The van der Waals surface area contributed by atoms with Gasteiger partial charge in [0.05, 0.1) is 6.61 Å². The number of hydrogen-bond acceptors (Lipinski definition) is 6. The molecule has 0 saturated carbocycles. The zero-order chi connectivity index (χ0) is 27.9. The minimum atomic E-state index is -0.929. The van der Waals surface area contributed by atoms with E-state index < -0.39 is 24.6 Å². The summed E-state index contributed by atoms with van der Waals surface area (Å²) < 4.78 is 10.1. The number of aliphatic hydroxyl groups is 1. The highest BCUT2D eigenvalue weighted by atomic mass is 16.6. The molecule has 0 spiro atoms. The average Bonchev–Trinajstić information content (AvgIpc) is 2.92. The van der Waals surface area contributed by atoms with Gasteiger partial charge in [-0.3, -0.25) is 4.79 Å². The largest absolute Gasteiger partial charge is 0.456 e. The molecular weight excluding hydrogens is 490 g/mol. The summed E-state index contributed by atoms with van der Waals surface area (Å²) in [5.41, 5.74) is 0. The van der Waals surface area contributed by atoms with Gasteiger partial charge in [0.2, 0.25) is 0 Å². The number of rotatable bonds is 17. The molecule has 0 aromatic carbocycles. The first-order chi connectivity index (χ1) is 18.6. The second-order valence-corrected chi connectivity index (χ2v) is 8.18. The fourth-order valence-corrected chi connectivity index (χ4v) is 3.08. The topological polar surface area (TPSA) is 108 Å². The lowest BCUT2D eigenvalue weighted by molar-refractivity contribution is -0.159. The molecule has 0 saturated heterocycles. The van der Waals surface area contributed by atoms with E-state index in [0.717, 1.165) is 19.3 Å². The van der Waals surface area contributed by atoms with Gasteiger partial charge in [-0.1, -0.05) is 77.6 Å². The Bertz CT molecular complexity index is 1170. The van der Waals surface area contributed by atoms with Gasteiger partial charge >= 0.3 is 11.9 Å². The van der Waals surface area contributed by atoms with E-state index in [4.69, 9.17) is 15.9 Å². The van der Waals surface area contributed by atoms with Crippen LogP contribution < -0.4 is 6.15 Å². The summed E-state index contributed by atoms with van der Waals surface area (Å²) in [6, 6.07) is 0. The van der Waals surface area contributed by atoms with Crippen molar-refractivity contribution in [1.29, 1.82) is 0 Å². The zero-order valence-electron chi connectivity index (χ0n) is 23.0. The highest BCUT2D eigenvalue weighted by molar-refractivity contribution is 5.89. The number of hydrogen-bond donors (Lipinski definition) is 2. The third-order valence-electron chi connectivity index (χ3n) is 5.00. The number of carbonyl (C=O) groups is 2. The van der Waals surface area contributed by atoms with Crippen molar-refractivity contribution in [3.63, 3.8) is 0 Å². The van der Waals surface area contributed by atoms with E-state index in [-0.39, 0.29) is 37.7 Å². The van der Waals surface area contributed by atoms with Crippen molar-refractivity contribution in [2.24, 2.45) is 0 Å².